The zero-order chi connectivity index (χ0) is 21.7. The van der Waals surface area contributed by atoms with Crippen molar-refractivity contribution in [1.82, 2.24) is 0 Å². The van der Waals surface area contributed by atoms with Crippen molar-refractivity contribution >= 4 is 18.0 Å². The van der Waals surface area contributed by atoms with Gasteiger partial charge in [0.25, 0.3) is 0 Å². The first-order chi connectivity index (χ1) is 14.3. The van der Waals surface area contributed by atoms with Crippen LogP contribution in [0.5, 0.6) is 5.75 Å². The molecular formula is C25H30O5. The largest absolute Gasteiger partial charge is 0.508 e. The van der Waals surface area contributed by atoms with Crippen molar-refractivity contribution in [3.05, 3.63) is 59.7 Å². The molecule has 3 atom stereocenters. The predicted octanol–water partition coefficient (Wildman–Crippen LogP) is 4.82. The lowest BCUT2D eigenvalue weighted by molar-refractivity contribution is -0.137. The van der Waals surface area contributed by atoms with Crippen molar-refractivity contribution < 1.29 is 24.2 Å². The van der Waals surface area contributed by atoms with Crippen LogP contribution in [0.2, 0.25) is 0 Å². The molecule has 5 nitrogen and oxygen atoms in total. The van der Waals surface area contributed by atoms with Crippen LogP contribution in [0, 0.1) is 17.3 Å². The number of methoxy groups -OCH3 is 1. The van der Waals surface area contributed by atoms with E-state index in [4.69, 9.17) is 9.47 Å². The third kappa shape index (κ3) is 5.02. The second-order valence-corrected chi connectivity index (χ2v) is 8.55. The van der Waals surface area contributed by atoms with E-state index in [1.54, 1.807) is 30.3 Å². The van der Waals surface area contributed by atoms with Crippen molar-refractivity contribution in [3.8, 4) is 5.75 Å². The van der Waals surface area contributed by atoms with Crippen molar-refractivity contribution in [2.75, 3.05) is 13.7 Å². The van der Waals surface area contributed by atoms with E-state index in [0.717, 1.165) is 43.2 Å². The van der Waals surface area contributed by atoms with E-state index >= 15 is 0 Å². The Labute approximate surface area is 178 Å². The highest BCUT2D eigenvalue weighted by Gasteiger charge is 2.44. The number of allylic oxidation sites excluding steroid dienone is 1. The maximum atomic E-state index is 12.2. The number of phenols is 1. The zero-order valence-corrected chi connectivity index (χ0v) is 17.7. The smallest absolute Gasteiger partial charge is 0.333 e. The van der Waals surface area contributed by atoms with Gasteiger partial charge in [-0.2, -0.15) is 0 Å². The van der Waals surface area contributed by atoms with E-state index in [0.29, 0.717) is 5.57 Å². The Morgan fingerprint density at radius 1 is 1.27 bits per heavy atom. The van der Waals surface area contributed by atoms with E-state index in [-0.39, 0.29) is 35.6 Å². The van der Waals surface area contributed by atoms with Gasteiger partial charge < -0.3 is 14.6 Å². The van der Waals surface area contributed by atoms with Crippen LogP contribution in [0.15, 0.2) is 54.1 Å². The zero-order valence-electron chi connectivity index (χ0n) is 17.7. The molecule has 0 aliphatic heterocycles. The molecule has 2 aliphatic carbocycles. The quantitative estimate of drug-likeness (QED) is 0.413. The molecule has 1 aromatic carbocycles. The molecule has 30 heavy (non-hydrogen) atoms. The highest BCUT2D eigenvalue weighted by atomic mass is 16.5. The summed E-state index contributed by atoms with van der Waals surface area (Å²) in [4.78, 5) is 24.1. The Balaban J connectivity index is 1.62. The first kappa shape index (κ1) is 21.9. The number of carbonyl (C=O) groups is 2. The minimum atomic E-state index is -0.400. The number of phenolic OH excluding ortho intramolecular Hbond substituents is 1. The summed E-state index contributed by atoms with van der Waals surface area (Å²) >= 11 is 0. The average molecular weight is 411 g/mol. The van der Waals surface area contributed by atoms with Gasteiger partial charge in [0, 0.05) is 11.6 Å². The van der Waals surface area contributed by atoms with E-state index in [1.807, 2.05) is 0 Å². The molecule has 0 bridgehead atoms. The number of hydrogen-bond donors (Lipinski definition) is 1. The third-order valence-electron chi connectivity index (χ3n) is 6.62. The number of aromatic hydroxyl groups is 1. The molecule has 0 saturated heterocycles. The predicted molar refractivity (Wildman–Crippen MR) is 116 cm³/mol. The van der Waals surface area contributed by atoms with Gasteiger partial charge in [-0.1, -0.05) is 31.7 Å². The molecule has 0 spiro atoms. The molecule has 0 aromatic heterocycles. The van der Waals surface area contributed by atoms with Gasteiger partial charge in [0.05, 0.1) is 7.11 Å². The van der Waals surface area contributed by atoms with Gasteiger partial charge in [0.15, 0.2) is 0 Å². The fraction of sp³-hybridized carbons (Fsp3) is 0.440. The molecule has 0 radical (unpaired) electrons. The molecule has 2 aliphatic rings. The lowest BCUT2D eigenvalue weighted by atomic mass is 9.57. The maximum Gasteiger partial charge on any atom is 0.333 e. The van der Waals surface area contributed by atoms with Gasteiger partial charge in [0.2, 0.25) is 0 Å². The van der Waals surface area contributed by atoms with Crippen molar-refractivity contribution in [3.63, 3.8) is 0 Å². The van der Waals surface area contributed by atoms with Crippen molar-refractivity contribution in [2.45, 2.75) is 39.0 Å². The minimum Gasteiger partial charge on any atom is -0.508 e. The number of fused-ring (bicyclic) bond motifs is 1. The lowest BCUT2D eigenvalue weighted by Gasteiger charge is -2.48. The number of carbonyl (C=O) groups excluding carboxylic acids is 2. The molecule has 1 N–H and O–H groups in total. The molecular weight excluding hydrogens is 380 g/mol. The molecule has 5 heteroatoms. The Hall–Kier alpha value is -2.82. The topological polar surface area (TPSA) is 72.8 Å². The van der Waals surface area contributed by atoms with Crippen molar-refractivity contribution in [1.29, 1.82) is 0 Å². The lowest BCUT2D eigenvalue weighted by Crippen LogP contribution is -2.39. The molecule has 3 rings (SSSR count). The van der Waals surface area contributed by atoms with Crippen LogP contribution in [0.1, 0.15) is 44.6 Å². The number of hydrogen-bond acceptors (Lipinski definition) is 5. The van der Waals surface area contributed by atoms with E-state index in [2.05, 4.69) is 19.6 Å². The molecule has 160 valence electrons. The summed E-state index contributed by atoms with van der Waals surface area (Å²) in [6.07, 6.45) is 10.1. The Kier molecular flexibility index (Phi) is 6.80. The SMILES string of the molecule is C=C(C(=O)OC)C1CCC2(C)CCC=C(COC(=O)C=Cc3ccc(O)cc3)C2C1. The van der Waals surface area contributed by atoms with Gasteiger partial charge >= 0.3 is 11.9 Å². The Bertz CT molecular complexity index is 864. The van der Waals surface area contributed by atoms with Gasteiger partial charge in [-0.05, 0) is 78.7 Å². The number of esters is 2. The molecule has 1 fully saturated rings. The summed E-state index contributed by atoms with van der Waals surface area (Å²) < 4.78 is 10.4. The van der Waals surface area contributed by atoms with Gasteiger partial charge in [-0.3, -0.25) is 0 Å². The fourth-order valence-electron chi connectivity index (χ4n) is 4.72. The maximum absolute atomic E-state index is 12.2. The number of benzene rings is 1. The molecule has 3 unspecified atom stereocenters. The second-order valence-electron chi connectivity index (χ2n) is 8.55. The van der Waals surface area contributed by atoms with Crippen LogP contribution in [0.25, 0.3) is 6.08 Å². The second kappa shape index (κ2) is 9.33. The Morgan fingerprint density at radius 3 is 2.70 bits per heavy atom. The normalized spacial score (nSPS) is 25.9. The van der Waals surface area contributed by atoms with Crippen LogP contribution in [-0.2, 0) is 19.1 Å². The number of rotatable bonds is 6. The first-order valence-electron chi connectivity index (χ1n) is 10.4. The molecule has 1 saturated carbocycles. The average Bonchev–Trinajstić information content (AvgIpc) is 2.75. The summed E-state index contributed by atoms with van der Waals surface area (Å²) in [7, 11) is 1.39. The summed E-state index contributed by atoms with van der Waals surface area (Å²) in [5, 5.41) is 9.32. The van der Waals surface area contributed by atoms with Gasteiger partial charge in [0.1, 0.15) is 12.4 Å². The van der Waals surface area contributed by atoms with Crippen LogP contribution >= 0.6 is 0 Å². The van der Waals surface area contributed by atoms with Crippen LogP contribution in [0.4, 0.5) is 0 Å². The van der Waals surface area contributed by atoms with Gasteiger partial charge in [-0.25, -0.2) is 9.59 Å². The highest BCUT2D eigenvalue weighted by molar-refractivity contribution is 5.88. The van der Waals surface area contributed by atoms with E-state index in [1.165, 1.54) is 13.2 Å². The fourth-order valence-corrected chi connectivity index (χ4v) is 4.72. The first-order valence-corrected chi connectivity index (χ1v) is 10.4. The summed E-state index contributed by atoms with van der Waals surface area (Å²) in [5.41, 5.74) is 2.65. The van der Waals surface area contributed by atoms with Crippen molar-refractivity contribution in [2.24, 2.45) is 17.3 Å². The minimum absolute atomic E-state index is 0.0992. The van der Waals surface area contributed by atoms with Crippen LogP contribution < -0.4 is 0 Å². The summed E-state index contributed by atoms with van der Waals surface area (Å²) in [5.74, 6) is -0.191. The number of ether oxygens (including phenoxy) is 2. The highest BCUT2D eigenvalue weighted by Crippen LogP contribution is 2.53. The molecule has 0 heterocycles. The van der Waals surface area contributed by atoms with Crippen LogP contribution in [0.3, 0.4) is 0 Å². The Morgan fingerprint density at radius 2 is 2.00 bits per heavy atom. The molecule has 0 amide bonds. The van der Waals surface area contributed by atoms with E-state index in [9.17, 15) is 14.7 Å². The van der Waals surface area contributed by atoms with E-state index < -0.39 is 5.97 Å². The molecule has 1 aromatic rings. The monoisotopic (exact) mass is 410 g/mol. The summed E-state index contributed by atoms with van der Waals surface area (Å²) in [6.45, 7) is 6.52. The summed E-state index contributed by atoms with van der Waals surface area (Å²) in [6, 6.07) is 6.59. The third-order valence-corrected chi connectivity index (χ3v) is 6.62. The van der Waals surface area contributed by atoms with Crippen LogP contribution in [-0.4, -0.2) is 30.8 Å². The van der Waals surface area contributed by atoms with Gasteiger partial charge in [-0.15, -0.1) is 0 Å². The standard InChI is InChI=1S/C25H30O5/c1-17(24(28)29-3)19-12-14-25(2)13-4-5-20(22(25)15-19)16-30-23(27)11-8-18-6-9-21(26)10-7-18/h5-11,19,22,26H,1,4,12-16H2,2-3H3.